The molecule has 1 saturated carbocycles. The van der Waals surface area contributed by atoms with Crippen LogP contribution in [0.5, 0.6) is 5.75 Å². The Bertz CT molecular complexity index is 411. The second-order valence-corrected chi connectivity index (χ2v) is 6.49. The van der Waals surface area contributed by atoms with Gasteiger partial charge in [-0.25, -0.2) is 0 Å². The van der Waals surface area contributed by atoms with Crippen LogP contribution in [-0.2, 0) is 6.42 Å². The number of methoxy groups -OCH3 is 1. The van der Waals surface area contributed by atoms with E-state index in [9.17, 15) is 0 Å². The molecule has 106 valence electrons. The second kappa shape index (κ2) is 5.96. The molecule has 1 fully saturated rings. The van der Waals surface area contributed by atoms with E-state index in [1.54, 1.807) is 7.11 Å². The first-order chi connectivity index (χ1) is 9.03. The zero-order chi connectivity index (χ0) is 13.9. The highest BCUT2D eigenvalue weighted by atomic mass is 16.5. The Balaban J connectivity index is 2.05. The fourth-order valence-electron chi connectivity index (χ4n) is 2.38. The lowest BCUT2D eigenvalue weighted by atomic mass is 9.74. The Hall–Kier alpha value is -1.02. The quantitative estimate of drug-likeness (QED) is 0.809. The third kappa shape index (κ3) is 3.97. The van der Waals surface area contributed by atoms with Crippen molar-refractivity contribution < 1.29 is 4.74 Å². The van der Waals surface area contributed by atoms with E-state index in [0.29, 0.717) is 11.3 Å². The van der Waals surface area contributed by atoms with Crippen molar-refractivity contribution in [2.24, 2.45) is 11.3 Å². The van der Waals surface area contributed by atoms with Crippen LogP contribution in [0.2, 0.25) is 0 Å². The highest BCUT2D eigenvalue weighted by molar-refractivity contribution is 5.29. The Morgan fingerprint density at radius 1 is 1.37 bits per heavy atom. The minimum absolute atomic E-state index is 0.301. The predicted octanol–water partition coefficient (Wildman–Crippen LogP) is 3.65. The van der Waals surface area contributed by atoms with E-state index in [-0.39, 0.29) is 0 Å². The first kappa shape index (κ1) is 14.4. The average molecular weight is 261 g/mol. The summed E-state index contributed by atoms with van der Waals surface area (Å²) in [5.41, 5.74) is 1.67. The lowest BCUT2D eigenvalue weighted by Gasteiger charge is -2.34. The van der Waals surface area contributed by atoms with Crippen LogP contribution >= 0.6 is 0 Å². The molecule has 2 rings (SSSR count). The Labute approximate surface area is 117 Å². The summed E-state index contributed by atoms with van der Waals surface area (Å²) in [5.74, 6) is 1.61. The van der Waals surface area contributed by atoms with Crippen LogP contribution in [0.1, 0.15) is 39.2 Å². The number of benzene rings is 1. The van der Waals surface area contributed by atoms with Gasteiger partial charge in [-0.2, -0.15) is 0 Å². The van der Waals surface area contributed by atoms with Crippen molar-refractivity contribution in [3.05, 3.63) is 29.8 Å². The van der Waals surface area contributed by atoms with Gasteiger partial charge in [0.15, 0.2) is 0 Å². The molecule has 2 nitrogen and oxygen atoms in total. The summed E-state index contributed by atoms with van der Waals surface area (Å²) in [6.45, 7) is 8.16. The Kier molecular flexibility index (Phi) is 4.51. The molecule has 0 spiro atoms. The normalized spacial score (nSPS) is 18.4. The molecule has 1 unspecified atom stereocenters. The predicted molar refractivity (Wildman–Crippen MR) is 80.7 cm³/mol. The average Bonchev–Trinajstić information content (AvgIpc) is 3.20. The lowest BCUT2D eigenvalue weighted by molar-refractivity contribution is 0.206. The van der Waals surface area contributed by atoms with E-state index in [2.05, 4.69) is 44.3 Å². The molecule has 0 amide bonds. The van der Waals surface area contributed by atoms with Crippen LogP contribution in [0.4, 0.5) is 0 Å². The van der Waals surface area contributed by atoms with E-state index in [1.807, 2.05) is 6.07 Å². The van der Waals surface area contributed by atoms with Gasteiger partial charge in [-0.3, -0.25) is 0 Å². The summed E-state index contributed by atoms with van der Waals surface area (Å²) in [4.78, 5) is 0. The summed E-state index contributed by atoms with van der Waals surface area (Å²) in [7, 11) is 1.73. The van der Waals surface area contributed by atoms with Crippen molar-refractivity contribution in [1.82, 2.24) is 5.32 Å². The zero-order valence-corrected chi connectivity index (χ0v) is 12.7. The highest BCUT2D eigenvalue weighted by Crippen LogP contribution is 2.33. The fraction of sp³-hybridized carbons (Fsp3) is 0.647. The number of nitrogens with one attached hydrogen (secondary N) is 1. The lowest BCUT2D eigenvalue weighted by Crippen LogP contribution is -2.38. The molecule has 0 bridgehead atoms. The van der Waals surface area contributed by atoms with Gasteiger partial charge in [0, 0.05) is 12.6 Å². The molecule has 0 aliphatic heterocycles. The second-order valence-electron chi connectivity index (χ2n) is 6.49. The van der Waals surface area contributed by atoms with E-state index in [1.165, 1.54) is 18.4 Å². The minimum Gasteiger partial charge on any atom is -0.497 e. The van der Waals surface area contributed by atoms with E-state index >= 15 is 0 Å². The number of hydrogen-bond acceptors (Lipinski definition) is 2. The summed E-state index contributed by atoms with van der Waals surface area (Å²) in [6.07, 6.45) is 3.81. The van der Waals surface area contributed by atoms with Gasteiger partial charge in [-0.05, 0) is 48.3 Å². The molecule has 19 heavy (non-hydrogen) atoms. The molecule has 1 aromatic rings. The molecule has 1 aliphatic rings. The minimum atomic E-state index is 0.301. The number of rotatable bonds is 7. The van der Waals surface area contributed by atoms with Gasteiger partial charge in [-0.1, -0.05) is 32.9 Å². The zero-order valence-electron chi connectivity index (χ0n) is 12.7. The van der Waals surface area contributed by atoms with Gasteiger partial charge >= 0.3 is 0 Å². The number of ether oxygens (including phenoxy) is 1. The molecule has 0 saturated heterocycles. The van der Waals surface area contributed by atoms with Gasteiger partial charge in [0.2, 0.25) is 0 Å². The fourth-order valence-corrected chi connectivity index (χ4v) is 2.38. The van der Waals surface area contributed by atoms with Gasteiger partial charge in [0.25, 0.3) is 0 Å². The molecular weight excluding hydrogens is 234 g/mol. The van der Waals surface area contributed by atoms with Crippen molar-refractivity contribution in [3.63, 3.8) is 0 Å². The third-order valence-electron chi connectivity index (χ3n) is 4.51. The topological polar surface area (TPSA) is 21.3 Å². The summed E-state index contributed by atoms with van der Waals surface area (Å²) >= 11 is 0. The molecule has 0 aromatic heterocycles. The van der Waals surface area contributed by atoms with Crippen LogP contribution in [0.15, 0.2) is 24.3 Å². The van der Waals surface area contributed by atoms with Crippen molar-refractivity contribution in [2.75, 3.05) is 13.7 Å². The summed E-state index contributed by atoms with van der Waals surface area (Å²) in [5, 5.41) is 3.70. The third-order valence-corrected chi connectivity index (χ3v) is 4.51. The van der Waals surface area contributed by atoms with Crippen LogP contribution in [0, 0.1) is 11.3 Å². The Morgan fingerprint density at radius 2 is 2.11 bits per heavy atom. The molecule has 1 aromatic carbocycles. The molecule has 0 radical (unpaired) electrons. The standard InChI is InChI=1S/C17H27NO/c1-13(2)17(3,12-18-15-8-9-15)11-14-6-5-7-16(10-14)19-4/h5-7,10,13,15,18H,8-9,11-12H2,1-4H3. The van der Waals surface area contributed by atoms with Crippen molar-refractivity contribution in [3.8, 4) is 5.75 Å². The van der Waals surface area contributed by atoms with Gasteiger partial charge < -0.3 is 10.1 Å². The van der Waals surface area contributed by atoms with Crippen LogP contribution in [0.3, 0.4) is 0 Å². The molecular formula is C17H27NO. The van der Waals surface area contributed by atoms with Crippen molar-refractivity contribution in [1.29, 1.82) is 0 Å². The van der Waals surface area contributed by atoms with Crippen molar-refractivity contribution >= 4 is 0 Å². The SMILES string of the molecule is COc1cccc(CC(C)(CNC2CC2)C(C)C)c1. The smallest absolute Gasteiger partial charge is 0.119 e. The molecule has 1 atom stereocenters. The Morgan fingerprint density at radius 3 is 2.68 bits per heavy atom. The summed E-state index contributed by atoms with van der Waals surface area (Å²) < 4.78 is 5.32. The maximum atomic E-state index is 5.32. The molecule has 2 heteroatoms. The largest absolute Gasteiger partial charge is 0.497 e. The summed E-state index contributed by atoms with van der Waals surface area (Å²) in [6, 6.07) is 9.25. The number of hydrogen-bond donors (Lipinski definition) is 1. The van der Waals surface area contributed by atoms with Gasteiger partial charge in [0.05, 0.1) is 7.11 Å². The van der Waals surface area contributed by atoms with Crippen LogP contribution in [-0.4, -0.2) is 19.7 Å². The van der Waals surface area contributed by atoms with E-state index in [0.717, 1.165) is 24.8 Å². The van der Waals surface area contributed by atoms with Crippen LogP contribution in [0.25, 0.3) is 0 Å². The molecule has 1 aliphatic carbocycles. The first-order valence-electron chi connectivity index (χ1n) is 7.40. The van der Waals surface area contributed by atoms with Gasteiger partial charge in [-0.15, -0.1) is 0 Å². The van der Waals surface area contributed by atoms with Crippen LogP contribution < -0.4 is 10.1 Å². The highest BCUT2D eigenvalue weighted by Gasteiger charge is 2.31. The maximum Gasteiger partial charge on any atom is 0.119 e. The van der Waals surface area contributed by atoms with E-state index < -0.39 is 0 Å². The van der Waals surface area contributed by atoms with Crippen molar-refractivity contribution in [2.45, 2.75) is 46.1 Å². The maximum absolute atomic E-state index is 5.32. The first-order valence-corrected chi connectivity index (χ1v) is 7.40. The van der Waals surface area contributed by atoms with E-state index in [4.69, 9.17) is 4.74 Å². The van der Waals surface area contributed by atoms with Gasteiger partial charge in [0.1, 0.15) is 5.75 Å². The molecule has 0 heterocycles. The monoisotopic (exact) mass is 261 g/mol. The molecule has 1 N–H and O–H groups in total.